The molecule has 0 N–H and O–H groups in total. The van der Waals surface area contributed by atoms with Crippen molar-refractivity contribution in [2.45, 2.75) is 37.1 Å². The summed E-state index contributed by atoms with van der Waals surface area (Å²) >= 11 is 0. The summed E-state index contributed by atoms with van der Waals surface area (Å²) in [6.45, 7) is 5.40. The van der Waals surface area contributed by atoms with Crippen LogP contribution < -0.4 is 0 Å². The lowest BCUT2D eigenvalue weighted by Gasteiger charge is -2.34. The zero-order valence-corrected chi connectivity index (χ0v) is 16.3. The third kappa shape index (κ3) is 2.78. The molecular formula is C19H23N3O4S. The fourth-order valence-electron chi connectivity index (χ4n) is 4.14. The van der Waals surface area contributed by atoms with E-state index in [2.05, 4.69) is 19.0 Å². The van der Waals surface area contributed by atoms with E-state index in [0.717, 1.165) is 12.0 Å². The number of sulfonamides is 1. The molecule has 27 heavy (non-hydrogen) atoms. The molecule has 1 aromatic carbocycles. The minimum Gasteiger partial charge on any atom is -0.351 e. The van der Waals surface area contributed by atoms with Gasteiger partial charge in [0.2, 0.25) is 15.8 Å². The molecular weight excluding hydrogens is 366 g/mol. The van der Waals surface area contributed by atoms with Gasteiger partial charge in [-0.1, -0.05) is 37.2 Å². The summed E-state index contributed by atoms with van der Waals surface area (Å²) < 4.78 is 33.1. The molecule has 0 radical (unpaired) electrons. The fraction of sp³-hybridized carbons (Fsp3) is 0.474. The van der Waals surface area contributed by atoms with Crippen LogP contribution in [0.3, 0.4) is 0 Å². The summed E-state index contributed by atoms with van der Waals surface area (Å²) in [5.41, 5.74) is 0.0848. The predicted octanol–water partition coefficient (Wildman–Crippen LogP) is 2.47. The molecule has 8 heteroatoms. The Morgan fingerprint density at radius 3 is 2.78 bits per heavy atom. The van der Waals surface area contributed by atoms with Gasteiger partial charge in [0, 0.05) is 25.7 Å². The van der Waals surface area contributed by atoms with Gasteiger partial charge in [-0.05, 0) is 30.4 Å². The number of hydrogen-bond acceptors (Lipinski definition) is 5. The molecule has 7 nitrogen and oxygen atoms in total. The van der Waals surface area contributed by atoms with Crippen molar-refractivity contribution in [1.29, 1.82) is 0 Å². The van der Waals surface area contributed by atoms with E-state index in [-0.39, 0.29) is 11.7 Å². The first-order valence-corrected chi connectivity index (χ1v) is 10.6. The van der Waals surface area contributed by atoms with Gasteiger partial charge in [-0.3, -0.25) is 4.79 Å². The number of likely N-dealkylation sites (tertiary alicyclic amines) is 1. The Morgan fingerprint density at radius 2 is 2.07 bits per heavy atom. The first kappa shape index (κ1) is 18.2. The number of amides is 1. The second-order valence-corrected chi connectivity index (χ2v) is 9.47. The molecule has 3 heterocycles. The molecule has 2 aliphatic rings. The second kappa shape index (κ2) is 6.45. The maximum atomic E-state index is 13.3. The highest BCUT2D eigenvalue weighted by molar-refractivity contribution is 7.89. The number of rotatable bonds is 4. The van der Waals surface area contributed by atoms with Gasteiger partial charge in [0.05, 0.1) is 16.6 Å². The third-order valence-corrected chi connectivity index (χ3v) is 7.55. The second-order valence-electron chi connectivity index (χ2n) is 7.64. The molecule has 144 valence electrons. The van der Waals surface area contributed by atoms with Crippen molar-refractivity contribution in [3.63, 3.8) is 0 Å². The molecule has 2 aliphatic heterocycles. The Labute approximate surface area is 159 Å². The smallest absolute Gasteiger partial charge is 0.292 e. The van der Waals surface area contributed by atoms with Crippen LogP contribution in [0.15, 0.2) is 45.9 Å². The highest BCUT2D eigenvalue weighted by atomic mass is 32.2. The van der Waals surface area contributed by atoms with Crippen LogP contribution in [0.2, 0.25) is 0 Å². The molecule has 2 aromatic rings. The monoisotopic (exact) mass is 389 g/mol. The summed E-state index contributed by atoms with van der Waals surface area (Å²) in [6.07, 6.45) is 2.77. The van der Waals surface area contributed by atoms with Gasteiger partial charge in [-0.15, -0.1) is 0 Å². The molecule has 1 saturated heterocycles. The van der Waals surface area contributed by atoms with Crippen LogP contribution in [0.25, 0.3) is 0 Å². The summed E-state index contributed by atoms with van der Waals surface area (Å²) in [5, 5.41) is 3.60. The predicted molar refractivity (Wildman–Crippen MR) is 98.5 cm³/mol. The third-order valence-electron chi connectivity index (χ3n) is 5.53. The van der Waals surface area contributed by atoms with Crippen molar-refractivity contribution in [2.24, 2.45) is 5.92 Å². The quantitative estimate of drug-likeness (QED) is 0.802. The normalized spacial score (nSPS) is 24.0. The number of aromatic nitrogens is 1. The van der Waals surface area contributed by atoms with Crippen molar-refractivity contribution in [2.75, 3.05) is 19.6 Å². The van der Waals surface area contributed by atoms with E-state index in [1.165, 1.54) is 12.3 Å². The molecule has 1 atom stereocenters. The lowest BCUT2D eigenvalue weighted by Crippen LogP contribution is -2.47. The Kier molecular flexibility index (Phi) is 4.35. The maximum absolute atomic E-state index is 13.3. The molecule has 1 unspecified atom stereocenters. The van der Waals surface area contributed by atoms with Crippen molar-refractivity contribution in [1.82, 2.24) is 14.4 Å². The van der Waals surface area contributed by atoms with Crippen LogP contribution >= 0.6 is 0 Å². The first-order chi connectivity index (χ1) is 12.9. The summed E-state index contributed by atoms with van der Waals surface area (Å²) in [5.74, 6) is 0.305. The highest BCUT2D eigenvalue weighted by Gasteiger charge is 2.57. The van der Waals surface area contributed by atoms with Crippen molar-refractivity contribution >= 4 is 15.9 Å². The molecule has 1 spiro atoms. The van der Waals surface area contributed by atoms with Gasteiger partial charge in [0.25, 0.3) is 5.91 Å². The van der Waals surface area contributed by atoms with Crippen LogP contribution in [-0.2, 0) is 15.6 Å². The van der Waals surface area contributed by atoms with Crippen LogP contribution in [0.4, 0.5) is 0 Å². The van der Waals surface area contributed by atoms with Gasteiger partial charge in [-0.2, -0.15) is 4.31 Å². The van der Waals surface area contributed by atoms with E-state index < -0.39 is 15.6 Å². The number of carbonyl (C=O) groups is 1. The van der Waals surface area contributed by atoms with Crippen molar-refractivity contribution in [3.8, 4) is 0 Å². The van der Waals surface area contributed by atoms with E-state index in [0.29, 0.717) is 36.9 Å². The first-order valence-electron chi connectivity index (χ1n) is 9.18. The zero-order valence-electron chi connectivity index (χ0n) is 15.5. The van der Waals surface area contributed by atoms with E-state index in [9.17, 15) is 13.2 Å². The number of benzene rings is 1. The van der Waals surface area contributed by atoms with E-state index in [1.807, 2.05) is 12.1 Å². The van der Waals surface area contributed by atoms with Gasteiger partial charge in [0.1, 0.15) is 0 Å². The number of hydrogen-bond donors (Lipinski definition) is 0. The molecule has 0 bridgehead atoms. The summed E-state index contributed by atoms with van der Waals surface area (Å²) in [4.78, 5) is 14.7. The minimum atomic E-state index is -3.58. The van der Waals surface area contributed by atoms with Gasteiger partial charge >= 0.3 is 0 Å². The van der Waals surface area contributed by atoms with E-state index in [1.54, 1.807) is 21.3 Å². The van der Waals surface area contributed by atoms with Gasteiger partial charge in [-0.25, -0.2) is 8.42 Å². The largest absolute Gasteiger partial charge is 0.351 e. The highest BCUT2D eigenvalue weighted by Crippen LogP contribution is 2.49. The average Bonchev–Trinajstić information content (AvgIpc) is 3.34. The van der Waals surface area contributed by atoms with E-state index >= 15 is 0 Å². The standard InChI is InChI=1S/C19H23N3O4S/c1-14(2)8-11-22-19(15-5-3-4-6-17(15)27(22,24)25)9-12-21(13-19)18(23)16-7-10-20-26-16/h3-7,10,14H,8-9,11-13H2,1-2H3. The summed E-state index contributed by atoms with van der Waals surface area (Å²) in [7, 11) is -3.58. The molecule has 1 fully saturated rings. The molecule has 0 saturated carbocycles. The number of nitrogens with zero attached hydrogens (tertiary/aromatic N) is 3. The molecule has 1 amide bonds. The Morgan fingerprint density at radius 1 is 1.30 bits per heavy atom. The SMILES string of the molecule is CC(C)CCN1C2(CCN(C(=O)c3ccno3)C2)c2ccccc2S1(=O)=O. The lowest BCUT2D eigenvalue weighted by atomic mass is 9.88. The molecule has 4 rings (SSSR count). The van der Waals surface area contributed by atoms with Gasteiger partial charge < -0.3 is 9.42 Å². The minimum absolute atomic E-state index is 0.176. The zero-order chi connectivity index (χ0) is 19.2. The van der Waals surface area contributed by atoms with Gasteiger partial charge in [0.15, 0.2) is 0 Å². The Bertz CT molecular complexity index is 955. The fourth-order valence-corrected chi connectivity index (χ4v) is 6.22. The maximum Gasteiger partial charge on any atom is 0.292 e. The molecule has 0 aliphatic carbocycles. The van der Waals surface area contributed by atoms with Crippen LogP contribution in [0.1, 0.15) is 42.8 Å². The van der Waals surface area contributed by atoms with Crippen molar-refractivity contribution in [3.05, 3.63) is 47.9 Å². The topological polar surface area (TPSA) is 83.7 Å². The van der Waals surface area contributed by atoms with Crippen molar-refractivity contribution < 1.29 is 17.7 Å². The summed E-state index contributed by atoms with van der Waals surface area (Å²) in [6, 6.07) is 8.70. The number of carbonyl (C=O) groups excluding carboxylic acids is 1. The van der Waals surface area contributed by atoms with Crippen LogP contribution in [0, 0.1) is 5.92 Å². The van der Waals surface area contributed by atoms with Crippen LogP contribution in [-0.4, -0.2) is 48.3 Å². The number of fused-ring (bicyclic) bond motifs is 2. The van der Waals surface area contributed by atoms with Crippen LogP contribution in [0.5, 0.6) is 0 Å². The molecule has 1 aromatic heterocycles. The Balaban J connectivity index is 1.73. The lowest BCUT2D eigenvalue weighted by molar-refractivity contribution is 0.0722. The van der Waals surface area contributed by atoms with E-state index in [4.69, 9.17) is 4.52 Å². The Hall–Kier alpha value is -2.19. The average molecular weight is 389 g/mol.